The zero-order valence-corrected chi connectivity index (χ0v) is 15.0. The molecule has 1 aliphatic heterocycles. The number of nitrogens with one attached hydrogen (secondary N) is 1. The number of aryl methyl sites for hydroxylation is 1. The molecule has 1 aromatic carbocycles. The van der Waals surface area contributed by atoms with Gasteiger partial charge in [0.15, 0.2) is 11.5 Å². The predicted molar refractivity (Wildman–Crippen MR) is 102 cm³/mol. The van der Waals surface area contributed by atoms with E-state index in [1.165, 1.54) is 37.7 Å². The maximum atomic E-state index is 5.57. The lowest BCUT2D eigenvalue weighted by Gasteiger charge is -2.24. The summed E-state index contributed by atoms with van der Waals surface area (Å²) in [5.74, 6) is 2.67. The van der Waals surface area contributed by atoms with E-state index in [-0.39, 0.29) is 6.79 Å². The van der Waals surface area contributed by atoms with Crippen molar-refractivity contribution in [3.8, 4) is 22.8 Å². The van der Waals surface area contributed by atoms with Crippen LogP contribution < -0.4 is 14.8 Å². The first-order valence-corrected chi connectivity index (χ1v) is 9.43. The summed E-state index contributed by atoms with van der Waals surface area (Å²) in [6.45, 7) is 2.40. The molecule has 0 spiro atoms. The average molecular weight is 349 g/mol. The number of nitrogens with zero attached hydrogens (tertiary/aromatic N) is 2. The van der Waals surface area contributed by atoms with Crippen molar-refractivity contribution in [1.29, 1.82) is 0 Å². The minimum Gasteiger partial charge on any atom is -0.454 e. The molecule has 0 saturated heterocycles. The molecule has 0 atom stereocenters. The van der Waals surface area contributed by atoms with Crippen LogP contribution in [0.15, 0.2) is 36.5 Å². The fraction of sp³-hybridized carbons (Fsp3) is 0.381. The molecule has 5 rings (SSSR count). The quantitative estimate of drug-likeness (QED) is 0.739. The van der Waals surface area contributed by atoms with E-state index in [9.17, 15) is 0 Å². The zero-order valence-electron chi connectivity index (χ0n) is 15.0. The molecule has 134 valence electrons. The minimum atomic E-state index is 0.288. The standard InChI is InChI=1S/C21H23N3O2/c1-14-7-10-19-23-20(15-8-9-17-18(11-15)26-13-25-17)21(24(19)12-14)22-16-5-3-2-4-6-16/h7-12,16,22H,2-6,13H2,1H3. The van der Waals surface area contributed by atoms with Gasteiger partial charge < -0.3 is 14.8 Å². The van der Waals surface area contributed by atoms with Gasteiger partial charge in [-0.1, -0.05) is 25.3 Å². The fourth-order valence-corrected chi connectivity index (χ4v) is 3.97. The molecule has 1 N–H and O–H groups in total. The Labute approximate surface area is 153 Å². The number of anilines is 1. The van der Waals surface area contributed by atoms with Crippen LogP contribution in [0.5, 0.6) is 11.5 Å². The highest BCUT2D eigenvalue weighted by atomic mass is 16.7. The van der Waals surface area contributed by atoms with Gasteiger partial charge in [0.25, 0.3) is 0 Å². The Hall–Kier alpha value is -2.69. The largest absolute Gasteiger partial charge is 0.454 e. The molecule has 5 nitrogen and oxygen atoms in total. The van der Waals surface area contributed by atoms with Crippen molar-refractivity contribution >= 4 is 11.5 Å². The predicted octanol–water partition coefficient (Wildman–Crippen LogP) is 4.78. The highest BCUT2D eigenvalue weighted by molar-refractivity contribution is 5.78. The number of benzene rings is 1. The van der Waals surface area contributed by atoms with Crippen molar-refractivity contribution in [3.05, 3.63) is 42.1 Å². The number of imidazole rings is 1. The van der Waals surface area contributed by atoms with E-state index in [2.05, 4.69) is 41.0 Å². The summed E-state index contributed by atoms with van der Waals surface area (Å²) in [5, 5.41) is 3.79. The molecule has 2 aliphatic rings. The van der Waals surface area contributed by atoms with Crippen LogP contribution in [0.25, 0.3) is 16.9 Å². The summed E-state index contributed by atoms with van der Waals surface area (Å²) in [6, 6.07) is 10.8. The molecule has 0 amide bonds. The van der Waals surface area contributed by atoms with Crippen LogP contribution in [-0.2, 0) is 0 Å². The number of rotatable bonds is 3. The Balaban J connectivity index is 1.62. The molecular weight excluding hydrogens is 326 g/mol. The average Bonchev–Trinajstić information content (AvgIpc) is 3.27. The molecule has 2 aromatic heterocycles. The molecule has 1 fully saturated rings. The van der Waals surface area contributed by atoms with Gasteiger partial charge in [-0.2, -0.15) is 0 Å². The smallest absolute Gasteiger partial charge is 0.231 e. The van der Waals surface area contributed by atoms with Crippen LogP contribution in [0.4, 0.5) is 5.82 Å². The van der Waals surface area contributed by atoms with E-state index >= 15 is 0 Å². The summed E-state index contributed by atoms with van der Waals surface area (Å²) in [6.07, 6.45) is 8.54. The maximum absolute atomic E-state index is 5.57. The van der Waals surface area contributed by atoms with Gasteiger partial charge in [0.1, 0.15) is 17.2 Å². The van der Waals surface area contributed by atoms with Gasteiger partial charge >= 0.3 is 0 Å². The van der Waals surface area contributed by atoms with Gasteiger partial charge in [-0.25, -0.2) is 4.98 Å². The lowest BCUT2D eigenvalue weighted by atomic mass is 9.95. The lowest BCUT2D eigenvalue weighted by molar-refractivity contribution is 0.174. The van der Waals surface area contributed by atoms with Gasteiger partial charge in [-0.15, -0.1) is 0 Å². The van der Waals surface area contributed by atoms with Crippen molar-refractivity contribution in [2.24, 2.45) is 0 Å². The second kappa shape index (κ2) is 6.24. The van der Waals surface area contributed by atoms with E-state index in [4.69, 9.17) is 14.5 Å². The second-order valence-electron chi connectivity index (χ2n) is 7.29. The minimum absolute atomic E-state index is 0.288. The van der Waals surface area contributed by atoms with Gasteiger partial charge in [0, 0.05) is 17.8 Å². The third-order valence-electron chi connectivity index (χ3n) is 5.36. The zero-order chi connectivity index (χ0) is 17.5. The van der Waals surface area contributed by atoms with Gasteiger partial charge in [0.2, 0.25) is 6.79 Å². The highest BCUT2D eigenvalue weighted by Crippen LogP contribution is 2.38. The van der Waals surface area contributed by atoms with Gasteiger partial charge in [0.05, 0.1) is 0 Å². The van der Waals surface area contributed by atoms with Crippen molar-refractivity contribution in [3.63, 3.8) is 0 Å². The SMILES string of the molecule is Cc1ccc2nc(-c3ccc4c(c3)OCO4)c(NC3CCCCC3)n2c1. The van der Waals surface area contributed by atoms with Crippen LogP contribution >= 0.6 is 0 Å². The topological polar surface area (TPSA) is 47.8 Å². The van der Waals surface area contributed by atoms with Gasteiger partial charge in [-0.3, -0.25) is 4.40 Å². The van der Waals surface area contributed by atoms with Crippen molar-refractivity contribution in [2.75, 3.05) is 12.1 Å². The van der Waals surface area contributed by atoms with Crippen molar-refractivity contribution in [1.82, 2.24) is 9.38 Å². The summed E-state index contributed by atoms with van der Waals surface area (Å²) in [5.41, 5.74) is 4.20. The van der Waals surface area contributed by atoms with Crippen LogP contribution in [-0.4, -0.2) is 22.2 Å². The lowest BCUT2D eigenvalue weighted by Crippen LogP contribution is -2.23. The Morgan fingerprint density at radius 2 is 1.88 bits per heavy atom. The first kappa shape index (κ1) is 15.6. The number of fused-ring (bicyclic) bond motifs is 2. The van der Waals surface area contributed by atoms with E-state index in [1.807, 2.05) is 12.1 Å². The number of ether oxygens (including phenoxy) is 2. The molecule has 0 bridgehead atoms. The third-order valence-corrected chi connectivity index (χ3v) is 5.36. The van der Waals surface area contributed by atoms with E-state index in [0.29, 0.717) is 6.04 Å². The molecule has 5 heteroatoms. The number of hydrogen-bond acceptors (Lipinski definition) is 4. The van der Waals surface area contributed by atoms with Crippen LogP contribution in [0.2, 0.25) is 0 Å². The van der Waals surface area contributed by atoms with E-state index in [0.717, 1.165) is 34.2 Å². The van der Waals surface area contributed by atoms with Crippen molar-refractivity contribution in [2.45, 2.75) is 45.1 Å². The van der Waals surface area contributed by atoms with Crippen LogP contribution in [0, 0.1) is 6.92 Å². The number of aromatic nitrogens is 2. The number of pyridine rings is 1. The Morgan fingerprint density at radius 1 is 1.04 bits per heavy atom. The molecule has 1 aliphatic carbocycles. The van der Waals surface area contributed by atoms with E-state index in [1.54, 1.807) is 0 Å². The molecule has 0 unspecified atom stereocenters. The first-order valence-electron chi connectivity index (χ1n) is 9.43. The summed E-state index contributed by atoms with van der Waals surface area (Å²) in [4.78, 5) is 4.92. The van der Waals surface area contributed by atoms with Gasteiger partial charge in [-0.05, 0) is 49.6 Å². The van der Waals surface area contributed by atoms with Crippen LogP contribution in [0.1, 0.15) is 37.7 Å². The monoisotopic (exact) mass is 349 g/mol. The first-order chi connectivity index (χ1) is 12.8. The Morgan fingerprint density at radius 3 is 2.77 bits per heavy atom. The van der Waals surface area contributed by atoms with Crippen molar-refractivity contribution < 1.29 is 9.47 Å². The summed E-state index contributed by atoms with van der Waals surface area (Å²) < 4.78 is 13.2. The fourth-order valence-electron chi connectivity index (χ4n) is 3.97. The highest BCUT2D eigenvalue weighted by Gasteiger charge is 2.21. The number of hydrogen-bond donors (Lipinski definition) is 1. The Kier molecular flexibility index (Phi) is 3.73. The van der Waals surface area contributed by atoms with E-state index < -0.39 is 0 Å². The second-order valence-corrected chi connectivity index (χ2v) is 7.29. The maximum Gasteiger partial charge on any atom is 0.231 e. The molecule has 1 saturated carbocycles. The Bertz CT molecular complexity index is 957. The molecular formula is C21H23N3O2. The summed E-state index contributed by atoms with van der Waals surface area (Å²) >= 11 is 0. The normalized spacial score (nSPS) is 17.0. The molecule has 0 radical (unpaired) electrons. The molecule has 26 heavy (non-hydrogen) atoms. The third kappa shape index (κ3) is 2.68. The molecule has 3 heterocycles. The summed E-state index contributed by atoms with van der Waals surface area (Å²) in [7, 11) is 0. The molecule has 3 aromatic rings. The van der Waals surface area contributed by atoms with Crippen LogP contribution in [0.3, 0.4) is 0 Å².